The summed E-state index contributed by atoms with van der Waals surface area (Å²) >= 11 is 0. The molecule has 6 heteroatoms. The second-order valence-electron chi connectivity index (χ2n) is 9.15. The average Bonchev–Trinajstić information content (AvgIpc) is 3.25. The first kappa shape index (κ1) is 23.3. The minimum Gasteiger partial charge on any atom is -0.389 e. The molecule has 0 aliphatic rings. The first-order chi connectivity index (χ1) is 18.0. The number of nitrogens with zero attached hydrogens (tertiary/aromatic N) is 2. The minimum absolute atomic E-state index is 0.0912. The fourth-order valence-corrected chi connectivity index (χ4v) is 6.67. The average molecular weight is 507 g/mol. The number of para-hydroxylation sites is 2. The smallest absolute Gasteiger partial charge is 0.264 e. The Morgan fingerprint density at radius 2 is 1.19 bits per heavy atom. The number of hydrogen-bond donors (Lipinski definition) is 1. The Morgan fingerprint density at radius 3 is 1.86 bits per heavy atom. The minimum atomic E-state index is -3.94. The highest BCUT2D eigenvalue weighted by Crippen LogP contribution is 2.33. The third-order valence-electron chi connectivity index (χ3n) is 6.82. The Hall–Kier alpha value is -4.13. The molecule has 1 unspecified atom stereocenters. The van der Waals surface area contributed by atoms with Gasteiger partial charge in [0.1, 0.15) is 0 Å². The fourth-order valence-electron chi connectivity index (χ4n) is 5.13. The van der Waals surface area contributed by atoms with Crippen molar-refractivity contribution in [1.82, 2.24) is 4.57 Å². The van der Waals surface area contributed by atoms with Crippen LogP contribution in [0.1, 0.15) is 0 Å². The number of fused-ring (bicyclic) bond motifs is 4. The van der Waals surface area contributed by atoms with Gasteiger partial charge in [0, 0.05) is 27.2 Å². The molecule has 0 saturated carbocycles. The first-order valence-corrected chi connectivity index (χ1v) is 13.7. The molecule has 1 atom stereocenters. The zero-order valence-electron chi connectivity index (χ0n) is 20.1. The summed E-state index contributed by atoms with van der Waals surface area (Å²) in [5.41, 5.74) is 2.55. The van der Waals surface area contributed by atoms with Gasteiger partial charge in [-0.05, 0) is 35.7 Å². The Bertz CT molecular complexity index is 1770. The summed E-state index contributed by atoms with van der Waals surface area (Å²) in [4.78, 5) is 0.187. The maximum atomic E-state index is 13.9. The van der Waals surface area contributed by atoms with Crippen molar-refractivity contribution in [3.05, 3.63) is 121 Å². The molecule has 6 rings (SSSR count). The van der Waals surface area contributed by atoms with Gasteiger partial charge in [-0.3, -0.25) is 4.31 Å². The third kappa shape index (κ3) is 4.14. The Kier molecular flexibility index (Phi) is 5.91. The van der Waals surface area contributed by atoms with Gasteiger partial charge in [-0.15, -0.1) is 0 Å². The standard InChI is InChI=1S/C31H26N2O3S/c34-24(21-32-29-18-8-6-16-27(29)28-17-7-9-19-30(28)32)22-33(37(35,36)25-13-2-1-3-14-25)31-20-10-12-23-11-4-5-15-26(23)31/h1-20,24,34H,21-22H2. The predicted octanol–water partition coefficient (Wildman–Crippen LogP) is 6.20. The molecule has 184 valence electrons. The van der Waals surface area contributed by atoms with E-state index in [2.05, 4.69) is 16.7 Å². The second-order valence-corrected chi connectivity index (χ2v) is 11.0. The van der Waals surface area contributed by atoms with Crippen molar-refractivity contribution < 1.29 is 13.5 Å². The van der Waals surface area contributed by atoms with Crippen molar-refractivity contribution in [3.8, 4) is 0 Å². The number of aromatic nitrogens is 1. The van der Waals surface area contributed by atoms with Crippen molar-refractivity contribution in [2.45, 2.75) is 17.5 Å². The molecule has 1 heterocycles. The molecule has 5 nitrogen and oxygen atoms in total. The van der Waals surface area contributed by atoms with Gasteiger partial charge in [-0.25, -0.2) is 8.42 Å². The maximum absolute atomic E-state index is 13.9. The van der Waals surface area contributed by atoms with E-state index in [0.717, 1.165) is 32.6 Å². The molecule has 5 aromatic carbocycles. The van der Waals surface area contributed by atoms with Crippen LogP contribution in [0.15, 0.2) is 126 Å². The van der Waals surface area contributed by atoms with Gasteiger partial charge in [-0.2, -0.15) is 0 Å². The lowest BCUT2D eigenvalue weighted by molar-refractivity contribution is 0.166. The molecule has 0 bridgehead atoms. The van der Waals surface area contributed by atoms with Crippen LogP contribution in [-0.2, 0) is 16.6 Å². The quantitative estimate of drug-likeness (QED) is 0.280. The highest BCUT2D eigenvalue weighted by Gasteiger charge is 2.29. The van der Waals surface area contributed by atoms with E-state index < -0.39 is 16.1 Å². The van der Waals surface area contributed by atoms with Crippen LogP contribution < -0.4 is 4.31 Å². The van der Waals surface area contributed by atoms with Crippen LogP contribution in [0.25, 0.3) is 32.6 Å². The lowest BCUT2D eigenvalue weighted by Crippen LogP contribution is -2.39. The van der Waals surface area contributed by atoms with E-state index in [1.54, 1.807) is 36.4 Å². The largest absolute Gasteiger partial charge is 0.389 e. The molecule has 0 fully saturated rings. The van der Waals surface area contributed by atoms with Crippen molar-refractivity contribution in [2.75, 3.05) is 10.8 Å². The van der Waals surface area contributed by atoms with Crippen LogP contribution in [0.5, 0.6) is 0 Å². The van der Waals surface area contributed by atoms with Crippen molar-refractivity contribution in [1.29, 1.82) is 0 Å². The molecule has 0 spiro atoms. The second kappa shape index (κ2) is 9.39. The molecule has 0 radical (unpaired) electrons. The van der Waals surface area contributed by atoms with E-state index in [0.29, 0.717) is 5.69 Å². The summed E-state index contributed by atoms with van der Waals surface area (Å²) < 4.78 is 31.3. The van der Waals surface area contributed by atoms with Crippen LogP contribution in [0.3, 0.4) is 0 Å². The lowest BCUT2D eigenvalue weighted by atomic mass is 10.1. The Morgan fingerprint density at radius 1 is 0.649 bits per heavy atom. The van der Waals surface area contributed by atoms with E-state index in [-0.39, 0.29) is 18.0 Å². The highest BCUT2D eigenvalue weighted by molar-refractivity contribution is 7.92. The molecule has 0 saturated heterocycles. The van der Waals surface area contributed by atoms with E-state index in [4.69, 9.17) is 0 Å². The number of rotatable bonds is 7. The van der Waals surface area contributed by atoms with Crippen LogP contribution >= 0.6 is 0 Å². The normalized spacial score (nSPS) is 12.8. The van der Waals surface area contributed by atoms with Crippen LogP contribution in [0.4, 0.5) is 5.69 Å². The lowest BCUT2D eigenvalue weighted by Gasteiger charge is -2.28. The van der Waals surface area contributed by atoms with Gasteiger partial charge in [-0.1, -0.05) is 91.0 Å². The van der Waals surface area contributed by atoms with Crippen molar-refractivity contribution in [2.24, 2.45) is 0 Å². The van der Waals surface area contributed by atoms with Gasteiger partial charge in [0.2, 0.25) is 0 Å². The third-order valence-corrected chi connectivity index (χ3v) is 8.61. The first-order valence-electron chi connectivity index (χ1n) is 12.2. The summed E-state index contributed by atoms with van der Waals surface area (Å²) in [6, 6.07) is 37.9. The topological polar surface area (TPSA) is 62.5 Å². The molecular formula is C31H26N2O3S. The molecule has 0 aliphatic carbocycles. The molecule has 0 amide bonds. The fraction of sp³-hybridized carbons (Fsp3) is 0.0968. The highest BCUT2D eigenvalue weighted by atomic mass is 32.2. The van der Waals surface area contributed by atoms with Crippen LogP contribution in [-0.4, -0.2) is 30.7 Å². The summed E-state index contributed by atoms with van der Waals surface area (Å²) in [6.07, 6.45) is -0.961. The number of hydrogen-bond acceptors (Lipinski definition) is 3. The van der Waals surface area contributed by atoms with Crippen LogP contribution in [0, 0.1) is 0 Å². The summed E-state index contributed by atoms with van der Waals surface area (Å²) in [5, 5.41) is 15.4. The molecular weight excluding hydrogens is 480 g/mol. The van der Waals surface area contributed by atoms with E-state index in [1.165, 1.54) is 4.31 Å². The van der Waals surface area contributed by atoms with Gasteiger partial charge in [0.15, 0.2) is 0 Å². The Balaban J connectivity index is 1.44. The van der Waals surface area contributed by atoms with Crippen molar-refractivity contribution >= 4 is 48.3 Å². The van der Waals surface area contributed by atoms with Gasteiger partial charge in [0.25, 0.3) is 10.0 Å². The molecule has 6 aromatic rings. The van der Waals surface area contributed by atoms with Crippen molar-refractivity contribution in [3.63, 3.8) is 0 Å². The molecule has 37 heavy (non-hydrogen) atoms. The van der Waals surface area contributed by atoms with Gasteiger partial charge >= 0.3 is 0 Å². The van der Waals surface area contributed by atoms with E-state index in [9.17, 15) is 13.5 Å². The number of anilines is 1. The summed E-state index contributed by atoms with van der Waals surface area (Å²) in [5.74, 6) is 0. The zero-order chi connectivity index (χ0) is 25.4. The number of benzene rings is 5. The van der Waals surface area contributed by atoms with Gasteiger partial charge in [0.05, 0.1) is 29.8 Å². The predicted molar refractivity (Wildman–Crippen MR) is 150 cm³/mol. The van der Waals surface area contributed by atoms with Crippen LogP contribution in [0.2, 0.25) is 0 Å². The Labute approximate surface area is 215 Å². The monoisotopic (exact) mass is 506 g/mol. The SMILES string of the molecule is O=S(=O)(c1ccccc1)N(CC(O)Cn1c2ccccc2c2ccccc21)c1cccc2ccccc12. The zero-order valence-corrected chi connectivity index (χ0v) is 20.9. The van der Waals surface area contributed by atoms with E-state index >= 15 is 0 Å². The number of aliphatic hydroxyl groups excluding tert-OH is 1. The van der Waals surface area contributed by atoms with E-state index in [1.807, 2.05) is 72.8 Å². The van der Waals surface area contributed by atoms with Gasteiger partial charge < -0.3 is 9.67 Å². The number of sulfonamides is 1. The molecule has 0 aliphatic heterocycles. The maximum Gasteiger partial charge on any atom is 0.264 e. The summed E-state index contributed by atoms with van der Waals surface area (Å²) in [7, 11) is -3.94. The number of aliphatic hydroxyl groups is 1. The molecule has 1 aromatic heterocycles. The molecule has 1 N–H and O–H groups in total. The summed E-state index contributed by atoms with van der Waals surface area (Å²) in [6.45, 7) is 0.158.